The van der Waals surface area contributed by atoms with Crippen LogP contribution in [0.25, 0.3) is 27.7 Å². The summed E-state index contributed by atoms with van der Waals surface area (Å²) in [5.41, 5.74) is 3.57. The van der Waals surface area contributed by atoms with Crippen LogP contribution in [0.4, 0.5) is 0 Å². The molecule has 0 aliphatic rings. The molecular weight excluding hydrogens is 312 g/mol. The predicted octanol–water partition coefficient (Wildman–Crippen LogP) is 4.13. The molecule has 0 aliphatic heterocycles. The lowest BCUT2D eigenvalue weighted by Crippen LogP contribution is -2.32. The molecule has 0 N–H and O–H groups in total. The van der Waals surface area contributed by atoms with Gasteiger partial charge in [-0.2, -0.15) is 9.13 Å². The molecule has 2 aromatic carbocycles. The van der Waals surface area contributed by atoms with Crippen molar-refractivity contribution >= 4 is 22.0 Å². The van der Waals surface area contributed by atoms with Crippen molar-refractivity contribution in [2.45, 2.75) is 33.2 Å². The smallest absolute Gasteiger partial charge is 0.347 e. The van der Waals surface area contributed by atoms with Gasteiger partial charge in [0.2, 0.25) is 5.52 Å². The van der Waals surface area contributed by atoms with Crippen LogP contribution in [0.5, 0.6) is 0 Å². The van der Waals surface area contributed by atoms with Crippen LogP contribution in [0.3, 0.4) is 0 Å². The SMILES string of the molecule is CCCC[n+]1cn(-c2ccc(C)cc2)c2c3ccccc3c(=O)oc21. The van der Waals surface area contributed by atoms with Gasteiger partial charge >= 0.3 is 11.3 Å². The van der Waals surface area contributed by atoms with Gasteiger partial charge in [0.15, 0.2) is 0 Å². The molecule has 4 aromatic rings. The first-order chi connectivity index (χ1) is 12.2. The van der Waals surface area contributed by atoms with Gasteiger partial charge in [0, 0.05) is 5.39 Å². The van der Waals surface area contributed by atoms with Crippen molar-refractivity contribution in [2.75, 3.05) is 0 Å². The molecule has 0 unspecified atom stereocenters. The Bertz CT molecular complexity index is 1100. The Morgan fingerprint density at radius 3 is 2.48 bits per heavy atom. The number of fused-ring (bicyclic) bond motifs is 3. The summed E-state index contributed by atoms with van der Waals surface area (Å²) in [4.78, 5) is 12.4. The van der Waals surface area contributed by atoms with E-state index in [2.05, 4.69) is 42.7 Å². The Labute approximate surface area is 145 Å². The molecule has 126 valence electrons. The minimum Gasteiger partial charge on any atom is -0.383 e. The second kappa shape index (κ2) is 6.20. The normalized spacial score (nSPS) is 11.4. The molecule has 0 amide bonds. The summed E-state index contributed by atoms with van der Waals surface area (Å²) in [6.45, 7) is 5.06. The van der Waals surface area contributed by atoms with Crippen molar-refractivity contribution in [3.8, 4) is 5.69 Å². The van der Waals surface area contributed by atoms with E-state index in [0.717, 1.165) is 36.0 Å². The Hall–Kier alpha value is -2.88. The van der Waals surface area contributed by atoms with Gasteiger partial charge in [-0.25, -0.2) is 4.79 Å². The lowest BCUT2D eigenvalue weighted by molar-refractivity contribution is -0.678. The zero-order chi connectivity index (χ0) is 17.4. The molecular formula is C21H21N2O2+. The molecule has 0 saturated carbocycles. The molecule has 2 aromatic heterocycles. The lowest BCUT2D eigenvalue weighted by atomic mass is 10.1. The van der Waals surface area contributed by atoms with Crippen molar-refractivity contribution in [1.29, 1.82) is 0 Å². The molecule has 4 nitrogen and oxygen atoms in total. The van der Waals surface area contributed by atoms with Crippen LogP contribution in [0, 0.1) is 6.92 Å². The quantitative estimate of drug-likeness (QED) is 0.527. The fourth-order valence-electron chi connectivity index (χ4n) is 3.24. The Morgan fingerprint density at radius 1 is 1.04 bits per heavy atom. The topological polar surface area (TPSA) is 39.0 Å². The summed E-state index contributed by atoms with van der Waals surface area (Å²) in [5, 5.41) is 1.54. The first-order valence-corrected chi connectivity index (χ1v) is 8.72. The number of rotatable bonds is 4. The standard InChI is InChI=1S/C21H21N2O2/c1-3-4-13-22-14-23(16-11-9-15(2)10-12-16)19-17-7-5-6-8-18(17)21(24)25-20(19)22/h5-12,14H,3-4,13H2,1-2H3/q+1. The molecule has 0 saturated heterocycles. The maximum atomic E-state index is 12.4. The zero-order valence-electron chi connectivity index (χ0n) is 14.5. The van der Waals surface area contributed by atoms with Gasteiger partial charge in [-0.05, 0) is 37.6 Å². The van der Waals surface area contributed by atoms with E-state index in [-0.39, 0.29) is 5.63 Å². The van der Waals surface area contributed by atoms with Crippen LogP contribution in [0.15, 0.2) is 64.1 Å². The maximum Gasteiger partial charge on any atom is 0.347 e. The molecule has 0 fully saturated rings. The van der Waals surface area contributed by atoms with Gasteiger partial charge in [0.25, 0.3) is 6.33 Å². The van der Waals surface area contributed by atoms with E-state index in [0.29, 0.717) is 11.1 Å². The van der Waals surface area contributed by atoms with Crippen LogP contribution in [-0.2, 0) is 6.54 Å². The van der Waals surface area contributed by atoms with Crippen molar-refractivity contribution in [3.63, 3.8) is 0 Å². The third-order valence-corrected chi connectivity index (χ3v) is 4.62. The van der Waals surface area contributed by atoms with Gasteiger partial charge in [0.05, 0.1) is 11.9 Å². The second-order valence-corrected chi connectivity index (χ2v) is 6.46. The number of aryl methyl sites for hydroxylation is 2. The number of nitrogens with zero attached hydrogens (tertiary/aromatic N) is 2. The highest BCUT2D eigenvalue weighted by Crippen LogP contribution is 2.24. The van der Waals surface area contributed by atoms with Crippen LogP contribution >= 0.6 is 0 Å². The zero-order valence-corrected chi connectivity index (χ0v) is 14.5. The Kier molecular flexibility index (Phi) is 3.88. The van der Waals surface area contributed by atoms with Crippen molar-refractivity contribution < 1.29 is 8.98 Å². The molecule has 25 heavy (non-hydrogen) atoms. The van der Waals surface area contributed by atoms with Gasteiger partial charge in [-0.1, -0.05) is 43.2 Å². The maximum absolute atomic E-state index is 12.4. The number of hydrogen-bond acceptors (Lipinski definition) is 2. The van der Waals surface area contributed by atoms with E-state index in [1.165, 1.54) is 5.56 Å². The highest BCUT2D eigenvalue weighted by Gasteiger charge is 2.23. The summed E-state index contributed by atoms with van der Waals surface area (Å²) in [6, 6.07) is 16.0. The largest absolute Gasteiger partial charge is 0.383 e. The fraction of sp³-hybridized carbons (Fsp3) is 0.238. The van der Waals surface area contributed by atoms with Gasteiger partial charge in [0.1, 0.15) is 5.69 Å². The van der Waals surface area contributed by atoms with Crippen molar-refractivity contribution in [2.24, 2.45) is 0 Å². The Morgan fingerprint density at radius 2 is 1.76 bits per heavy atom. The number of aromatic nitrogens is 2. The third-order valence-electron chi connectivity index (χ3n) is 4.62. The lowest BCUT2D eigenvalue weighted by Gasteiger charge is -2.00. The molecule has 2 heterocycles. The van der Waals surface area contributed by atoms with Gasteiger partial charge < -0.3 is 4.42 Å². The van der Waals surface area contributed by atoms with E-state index < -0.39 is 0 Å². The van der Waals surface area contributed by atoms with Crippen LogP contribution in [-0.4, -0.2) is 4.57 Å². The van der Waals surface area contributed by atoms with Crippen LogP contribution in [0.1, 0.15) is 25.3 Å². The average molecular weight is 333 g/mol. The predicted molar refractivity (Wildman–Crippen MR) is 99.2 cm³/mol. The third kappa shape index (κ3) is 2.64. The number of benzene rings is 2. The molecule has 4 rings (SSSR count). The number of hydrogen-bond donors (Lipinski definition) is 0. The monoisotopic (exact) mass is 333 g/mol. The summed E-state index contributed by atoms with van der Waals surface area (Å²) in [5.74, 6) is 0. The van der Waals surface area contributed by atoms with E-state index in [4.69, 9.17) is 4.42 Å². The van der Waals surface area contributed by atoms with Gasteiger partial charge in [-0.15, -0.1) is 0 Å². The fourth-order valence-corrected chi connectivity index (χ4v) is 3.24. The van der Waals surface area contributed by atoms with Gasteiger partial charge in [-0.3, -0.25) is 0 Å². The number of unbranched alkanes of at least 4 members (excludes halogenated alkanes) is 1. The molecule has 0 aliphatic carbocycles. The molecule has 0 atom stereocenters. The summed E-state index contributed by atoms with van der Waals surface area (Å²) in [7, 11) is 0. The van der Waals surface area contributed by atoms with Crippen LogP contribution in [0.2, 0.25) is 0 Å². The van der Waals surface area contributed by atoms with Crippen LogP contribution < -0.4 is 10.2 Å². The second-order valence-electron chi connectivity index (χ2n) is 6.46. The van der Waals surface area contributed by atoms with E-state index >= 15 is 0 Å². The first kappa shape index (κ1) is 15.6. The number of imidazole rings is 1. The van der Waals surface area contributed by atoms with E-state index in [1.807, 2.05) is 35.2 Å². The average Bonchev–Trinajstić information content (AvgIpc) is 2.99. The molecule has 0 spiro atoms. The van der Waals surface area contributed by atoms with E-state index in [1.54, 1.807) is 0 Å². The minimum atomic E-state index is -0.282. The molecule has 0 bridgehead atoms. The summed E-state index contributed by atoms with van der Waals surface area (Å²) >= 11 is 0. The van der Waals surface area contributed by atoms with Crippen molar-refractivity contribution in [1.82, 2.24) is 4.57 Å². The Balaban J connectivity index is 2.09. The molecule has 0 radical (unpaired) electrons. The molecule has 4 heteroatoms. The van der Waals surface area contributed by atoms with E-state index in [9.17, 15) is 4.79 Å². The minimum absolute atomic E-state index is 0.282. The summed E-state index contributed by atoms with van der Waals surface area (Å²) in [6.07, 6.45) is 4.16. The van der Waals surface area contributed by atoms with Crippen molar-refractivity contribution in [3.05, 3.63) is 70.8 Å². The highest BCUT2D eigenvalue weighted by atomic mass is 16.4. The highest BCUT2D eigenvalue weighted by molar-refractivity contribution is 6.00. The summed E-state index contributed by atoms with van der Waals surface area (Å²) < 4.78 is 9.88. The first-order valence-electron chi connectivity index (χ1n) is 8.72.